The van der Waals surface area contributed by atoms with Crippen molar-refractivity contribution in [3.05, 3.63) is 236 Å². The molecule has 2 aliphatic carbocycles. The average molecular weight is 1560 g/mol. The van der Waals surface area contributed by atoms with E-state index in [1.54, 1.807) is 11.4 Å². The van der Waals surface area contributed by atoms with Crippen LogP contribution in [0, 0.1) is 73.5 Å². The minimum atomic E-state index is 0. The molecule has 0 saturated heterocycles. The smallest absolute Gasteiger partial charge is 0.111 e. The van der Waals surface area contributed by atoms with E-state index in [2.05, 4.69) is 423 Å². The molecule has 5 atom stereocenters. The predicted octanol–water partition coefficient (Wildman–Crippen LogP) is 28.9. The summed E-state index contributed by atoms with van der Waals surface area (Å²) in [7, 11) is 11.3. The van der Waals surface area contributed by atoms with Gasteiger partial charge in [-0.25, -0.2) is 0 Å². The Morgan fingerprint density at radius 1 is 0.228 bits per heavy atom. The van der Waals surface area contributed by atoms with Gasteiger partial charge in [-0.2, -0.15) is 0 Å². The molecular weight excluding hydrogens is 1390 g/mol. The van der Waals surface area contributed by atoms with Gasteiger partial charge in [0.1, 0.15) is 30.8 Å². The minimum Gasteiger partial charge on any atom is -0.356 e. The Morgan fingerprint density at radius 3 is 0.693 bits per heavy atom. The van der Waals surface area contributed by atoms with Crippen molar-refractivity contribution >= 4 is 34.1 Å². The molecule has 0 spiro atoms. The first-order valence-corrected chi connectivity index (χ1v) is 41.4. The highest BCUT2D eigenvalue weighted by molar-refractivity contribution is 5.77. The van der Waals surface area contributed by atoms with Gasteiger partial charge in [-0.05, 0) is 172 Å². The van der Waals surface area contributed by atoms with Gasteiger partial charge in [0.25, 0.3) is 0 Å². The van der Waals surface area contributed by atoms with E-state index in [1.807, 2.05) is 0 Å². The normalized spacial score (nSPS) is 20.3. The molecule has 2 fully saturated rings. The van der Waals surface area contributed by atoms with Crippen LogP contribution in [-0.2, 0) is 0 Å². The Labute approximate surface area is 702 Å². The van der Waals surface area contributed by atoms with Crippen molar-refractivity contribution in [1.29, 1.82) is 0 Å². The van der Waals surface area contributed by atoms with E-state index in [0.717, 1.165) is 11.8 Å². The number of anilines is 5. The van der Waals surface area contributed by atoms with Crippen molar-refractivity contribution in [2.45, 2.75) is 313 Å². The molecule has 6 aromatic rings. The topological polar surface area (TPSA) is 32.4 Å². The van der Waals surface area contributed by atoms with Crippen LogP contribution in [0.5, 0.6) is 0 Å². The van der Waals surface area contributed by atoms with Crippen molar-refractivity contribution in [3.63, 3.8) is 0 Å². The SMILES string of the molecule is C.C.C.C.C.CC1=C(C)N(c2ccccc2C)C(C(C)(C)C)N1C.CC1=C(C)N(c2ccccc2C)C(C(C)(C)C)N1C.CC1=C(C2CCCC2)N(C)C(C(C)(C)C)N1c1ccccc1C.CC1=C(C2CCCCC2)N(C)C(C(C)(C)C)N1c1ccccc1C.CC1=C(c2ccccc2)N(C)C(C(C)(C)C)N1c1ccccc1C. The first kappa shape index (κ1) is 98.4. The van der Waals surface area contributed by atoms with E-state index in [9.17, 15) is 0 Å². The highest BCUT2D eigenvalue weighted by Gasteiger charge is 2.48. The Bertz CT molecular complexity index is 4150. The second-order valence-electron chi connectivity index (χ2n) is 38.4. The van der Waals surface area contributed by atoms with E-state index in [-0.39, 0.29) is 70.4 Å². The van der Waals surface area contributed by atoms with Crippen molar-refractivity contribution in [1.82, 2.24) is 24.5 Å². The fourth-order valence-corrected chi connectivity index (χ4v) is 19.8. The summed E-state index contributed by atoms with van der Waals surface area (Å²) in [6.07, 6.45) is 14.2. The monoisotopic (exact) mass is 1560 g/mol. The summed E-state index contributed by atoms with van der Waals surface area (Å²) in [5.41, 5.74) is 29.8. The van der Waals surface area contributed by atoms with Gasteiger partial charge in [-0.1, -0.05) is 294 Å². The zero-order chi connectivity index (χ0) is 80.5. The zero-order valence-electron chi connectivity index (χ0n) is 74.3. The lowest BCUT2D eigenvalue weighted by Gasteiger charge is -2.42. The maximum Gasteiger partial charge on any atom is 0.111 e. The van der Waals surface area contributed by atoms with E-state index in [4.69, 9.17) is 0 Å². The molecule has 2 saturated carbocycles. The molecule has 114 heavy (non-hydrogen) atoms. The minimum absolute atomic E-state index is 0. The molecule has 5 unspecified atom stereocenters. The van der Waals surface area contributed by atoms with Gasteiger partial charge in [-0.15, -0.1) is 0 Å². The van der Waals surface area contributed by atoms with Crippen LogP contribution in [0.4, 0.5) is 28.4 Å². The van der Waals surface area contributed by atoms with Crippen molar-refractivity contribution in [2.24, 2.45) is 38.9 Å². The van der Waals surface area contributed by atoms with Crippen LogP contribution >= 0.6 is 0 Å². The van der Waals surface area contributed by atoms with Gasteiger partial charge >= 0.3 is 0 Å². The standard InChI is InChI=1S/C22H34N2.C22H28N2.C21H32N2.2C17H26N2.5CH4/c2*1-16-12-10-11-15-19(16)24-17(2)20(18-13-8-7-9-14-18)23(6)21(24)22(3,4)5;1-15-11-7-10-14-18(15)23-16(2)19(17-12-8-9-13-17)22(6)20(23)21(3,4)5;2*1-12-10-8-9-11-15(12)19-14(3)13(2)18(7)16(19)17(4,5)6;;;;;/h10-12,15,18,21H,7-9,13-14H2,1-6H3;7-15,21H,1-6H3;7,10-11,14,17,20H,8-9,12-13H2,1-6H3;2*8-11,16H,1-7H3;5*1H4. The van der Waals surface area contributed by atoms with Gasteiger partial charge in [0, 0.05) is 154 Å². The quantitative estimate of drug-likeness (QED) is 0.147. The summed E-state index contributed by atoms with van der Waals surface area (Å²) in [4.78, 5) is 25.1. The molecule has 5 aliphatic heterocycles. The van der Waals surface area contributed by atoms with Crippen LogP contribution in [-0.4, -0.2) is 90.6 Å². The lowest BCUT2D eigenvalue weighted by atomic mass is 9.85. The zero-order valence-corrected chi connectivity index (χ0v) is 74.3. The van der Waals surface area contributed by atoms with Crippen molar-refractivity contribution in [2.75, 3.05) is 59.7 Å². The Morgan fingerprint density at radius 2 is 0.439 bits per heavy atom. The van der Waals surface area contributed by atoms with Gasteiger partial charge in [0.05, 0.1) is 5.70 Å². The van der Waals surface area contributed by atoms with E-state index in [0.29, 0.717) is 24.7 Å². The largest absolute Gasteiger partial charge is 0.356 e. The number of rotatable bonds is 8. The van der Waals surface area contributed by atoms with Crippen molar-refractivity contribution < 1.29 is 0 Å². The Balaban J connectivity index is 0.000000298. The molecule has 632 valence electrons. The second kappa shape index (κ2) is 39.3. The second-order valence-corrected chi connectivity index (χ2v) is 38.4. The summed E-state index contributed by atoms with van der Waals surface area (Å²) in [6, 6.07) is 54.4. The number of benzene rings is 6. The molecule has 10 heteroatoms. The van der Waals surface area contributed by atoms with Crippen LogP contribution in [0.3, 0.4) is 0 Å². The highest BCUT2D eigenvalue weighted by atomic mass is 15.5. The first-order valence-electron chi connectivity index (χ1n) is 41.4. The number of hydrogen-bond donors (Lipinski definition) is 0. The first-order chi connectivity index (χ1) is 51.0. The van der Waals surface area contributed by atoms with E-state index < -0.39 is 0 Å². The fourth-order valence-electron chi connectivity index (χ4n) is 19.8. The van der Waals surface area contributed by atoms with E-state index >= 15 is 0 Å². The maximum absolute atomic E-state index is 2.61. The molecule has 0 bridgehead atoms. The molecule has 0 amide bonds. The van der Waals surface area contributed by atoms with Gasteiger partial charge in [-0.3, -0.25) is 0 Å². The molecular formula is C104H166N10. The molecule has 0 radical (unpaired) electrons. The number of para-hydroxylation sites is 5. The number of aryl methyl sites for hydroxylation is 5. The van der Waals surface area contributed by atoms with Gasteiger partial charge in [0.2, 0.25) is 0 Å². The summed E-state index contributed by atoms with van der Waals surface area (Å²) < 4.78 is 0. The molecule has 7 aliphatic rings. The molecule has 13 rings (SSSR count). The number of nitrogens with zero attached hydrogens (tertiary/aromatic N) is 10. The van der Waals surface area contributed by atoms with Crippen LogP contribution in [0.1, 0.15) is 281 Å². The van der Waals surface area contributed by atoms with Crippen LogP contribution in [0.2, 0.25) is 0 Å². The summed E-state index contributed by atoms with van der Waals surface area (Å²) in [6.45, 7) is 61.9. The van der Waals surface area contributed by atoms with Crippen LogP contribution in [0.25, 0.3) is 5.70 Å². The van der Waals surface area contributed by atoms with E-state index in [1.165, 1.54) is 165 Å². The number of hydrogen-bond acceptors (Lipinski definition) is 10. The molecule has 5 heterocycles. The Hall–Kier alpha value is -7.98. The predicted molar refractivity (Wildman–Crippen MR) is 507 cm³/mol. The van der Waals surface area contributed by atoms with Crippen molar-refractivity contribution in [3.8, 4) is 0 Å². The summed E-state index contributed by atoms with van der Waals surface area (Å²) in [5.74, 6) is 1.49. The van der Waals surface area contributed by atoms with Gasteiger partial charge in [0.15, 0.2) is 0 Å². The average Bonchev–Trinajstić information content (AvgIpc) is 1.68. The third-order valence-electron chi connectivity index (χ3n) is 24.7. The molecule has 6 aromatic carbocycles. The Kier molecular flexibility index (Phi) is 33.9. The summed E-state index contributed by atoms with van der Waals surface area (Å²) in [5, 5.41) is 0. The lowest BCUT2D eigenvalue weighted by Crippen LogP contribution is -2.48. The lowest BCUT2D eigenvalue weighted by molar-refractivity contribution is 0.162. The molecule has 10 nitrogen and oxygen atoms in total. The third kappa shape index (κ3) is 20.5. The van der Waals surface area contributed by atoms with Crippen LogP contribution < -0.4 is 24.5 Å². The maximum atomic E-state index is 2.61. The molecule has 0 aromatic heterocycles. The fraction of sp³-hybridized carbons (Fsp3) is 0.558. The van der Waals surface area contributed by atoms with Gasteiger partial charge < -0.3 is 49.0 Å². The molecule has 0 N–H and O–H groups in total. The summed E-state index contributed by atoms with van der Waals surface area (Å²) >= 11 is 0. The third-order valence-corrected chi connectivity index (χ3v) is 24.7. The number of allylic oxidation sites excluding steroid dienone is 9. The van der Waals surface area contributed by atoms with Crippen LogP contribution in [0.15, 0.2) is 203 Å². The highest BCUT2D eigenvalue weighted by Crippen LogP contribution is 2.51.